The van der Waals surface area contributed by atoms with Crippen LogP contribution in [0.1, 0.15) is 32.6 Å². The molecule has 1 unspecified atom stereocenters. The largest absolute Gasteiger partial charge is 0.398 e. The summed E-state index contributed by atoms with van der Waals surface area (Å²) in [6, 6.07) is 0. The van der Waals surface area contributed by atoms with E-state index in [0.717, 1.165) is 0 Å². The average molecular weight is 246 g/mol. The van der Waals surface area contributed by atoms with Gasteiger partial charge in [0.15, 0.2) is 0 Å². The summed E-state index contributed by atoms with van der Waals surface area (Å²) in [5.74, 6) is 0. The van der Waals surface area contributed by atoms with Crippen LogP contribution in [0, 0.1) is 5.41 Å². The van der Waals surface area contributed by atoms with Crippen LogP contribution in [0.4, 0.5) is 26.3 Å². The molecule has 0 radical (unpaired) electrons. The molecular formula is C10H12F6. The molecule has 1 rings (SSSR count). The molecule has 0 N–H and O–H groups in total. The summed E-state index contributed by atoms with van der Waals surface area (Å²) in [6.45, 7) is 0.637. The van der Waals surface area contributed by atoms with Crippen molar-refractivity contribution in [2.24, 2.45) is 5.41 Å². The molecule has 0 nitrogen and oxygen atoms in total. The van der Waals surface area contributed by atoms with Gasteiger partial charge in [-0.3, -0.25) is 0 Å². The van der Waals surface area contributed by atoms with Gasteiger partial charge in [-0.2, -0.15) is 26.3 Å². The number of allylic oxidation sites excluding steroid dienone is 2. The molecule has 0 spiro atoms. The summed E-state index contributed by atoms with van der Waals surface area (Å²) in [5.41, 5.74) is -2.89. The van der Waals surface area contributed by atoms with E-state index in [4.69, 9.17) is 0 Å². The highest BCUT2D eigenvalue weighted by Gasteiger charge is 2.58. The predicted molar refractivity (Wildman–Crippen MR) is 46.8 cm³/mol. The van der Waals surface area contributed by atoms with Crippen molar-refractivity contribution in [1.29, 1.82) is 0 Å². The molecule has 6 heteroatoms. The van der Waals surface area contributed by atoms with Crippen LogP contribution in [0.5, 0.6) is 0 Å². The third-order valence-corrected chi connectivity index (χ3v) is 2.93. The predicted octanol–water partition coefficient (Wildman–Crippen LogP) is 4.62. The van der Waals surface area contributed by atoms with Gasteiger partial charge in [0.25, 0.3) is 0 Å². The Morgan fingerprint density at radius 1 is 1.12 bits per heavy atom. The van der Waals surface area contributed by atoms with Crippen LogP contribution in [-0.2, 0) is 0 Å². The lowest BCUT2D eigenvalue weighted by atomic mass is 9.77. The molecule has 0 aliphatic heterocycles. The van der Waals surface area contributed by atoms with Gasteiger partial charge in [-0.1, -0.05) is 11.6 Å². The van der Waals surface area contributed by atoms with E-state index in [-0.39, 0.29) is 12.0 Å². The highest BCUT2D eigenvalue weighted by molar-refractivity contribution is 5.20. The van der Waals surface area contributed by atoms with Crippen molar-refractivity contribution in [2.45, 2.75) is 45.0 Å². The number of alkyl halides is 6. The molecule has 0 bridgehead atoms. The summed E-state index contributed by atoms with van der Waals surface area (Å²) in [6.07, 6.45) is -9.19. The van der Waals surface area contributed by atoms with E-state index in [0.29, 0.717) is 19.8 Å². The first-order valence-corrected chi connectivity index (χ1v) is 4.89. The van der Waals surface area contributed by atoms with Gasteiger partial charge in [-0.05, 0) is 26.2 Å². The smallest absolute Gasteiger partial charge is 0.171 e. The lowest BCUT2D eigenvalue weighted by molar-refractivity contribution is -0.246. The highest BCUT2D eigenvalue weighted by Crippen LogP contribution is 2.52. The first-order valence-electron chi connectivity index (χ1n) is 4.89. The molecule has 0 heterocycles. The molecule has 16 heavy (non-hydrogen) atoms. The zero-order valence-electron chi connectivity index (χ0n) is 8.67. The Labute approximate surface area is 89.3 Å². The van der Waals surface area contributed by atoms with Gasteiger partial charge in [-0.15, -0.1) is 0 Å². The zero-order chi connectivity index (χ0) is 12.6. The Bertz CT molecular complexity index is 285. The fourth-order valence-corrected chi connectivity index (χ4v) is 1.97. The summed E-state index contributed by atoms with van der Waals surface area (Å²) in [7, 11) is 0. The second kappa shape index (κ2) is 3.96. The molecule has 0 saturated carbocycles. The molecule has 0 aromatic rings. The van der Waals surface area contributed by atoms with Crippen molar-refractivity contribution in [2.75, 3.05) is 0 Å². The normalized spacial score (nSPS) is 21.8. The van der Waals surface area contributed by atoms with Gasteiger partial charge < -0.3 is 0 Å². The van der Waals surface area contributed by atoms with E-state index in [2.05, 4.69) is 0 Å². The third-order valence-electron chi connectivity index (χ3n) is 2.93. The molecule has 0 fully saturated rings. The molecule has 1 aliphatic carbocycles. The van der Waals surface area contributed by atoms with Gasteiger partial charge in [0.2, 0.25) is 0 Å². The van der Waals surface area contributed by atoms with Gasteiger partial charge in [-0.25, -0.2) is 0 Å². The van der Waals surface area contributed by atoms with Crippen molar-refractivity contribution in [3.8, 4) is 0 Å². The third kappa shape index (κ3) is 2.71. The van der Waals surface area contributed by atoms with Crippen LogP contribution in [-0.4, -0.2) is 12.4 Å². The maximum absolute atomic E-state index is 12.7. The second-order valence-electron chi connectivity index (χ2n) is 4.24. The zero-order valence-corrected chi connectivity index (χ0v) is 8.67. The molecule has 0 aromatic heterocycles. The second-order valence-corrected chi connectivity index (χ2v) is 4.24. The number of halogens is 6. The van der Waals surface area contributed by atoms with E-state index in [1.807, 2.05) is 0 Å². The molecular weight excluding hydrogens is 234 g/mol. The minimum atomic E-state index is -4.86. The van der Waals surface area contributed by atoms with E-state index in [1.165, 1.54) is 6.08 Å². The fraction of sp³-hybridized carbons (Fsp3) is 0.800. The molecule has 0 saturated heterocycles. The van der Waals surface area contributed by atoms with Crippen molar-refractivity contribution in [1.82, 2.24) is 0 Å². The first-order chi connectivity index (χ1) is 7.06. The van der Waals surface area contributed by atoms with Crippen molar-refractivity contribution in [3.63, 3.8) is 0 Å². The van der Waals surface area contributed by atoms with Crippen LogP contribution in [0.15, 0.2) is 11.6 Å². The van der Waals surface area contributed by atoms with Crippen LogP contribution in [0.3, 0.4) is 0 Å². The minimum Gasteiger partial charge on any atom is -0.171 e. The van der Waals surface area contributed by atoms with Crippen molar-refractivity contribution >= 4 is 0 Å². The van der Waals surface area contributed by atoms with E-state index < -0.39 is 24.2 Å². The summed E-state index contributed by atoms with van der Waals surface area (Å²) < 4.78 is 74.9. The van der Waals surface area contributed by atoms with Crippen molar-refractivity contribution in [3.05, 3.63) is 11.6 Å². The van der Waals surface area contributed by atoms with E-state index in [9.17, 15) is 26.3 Å². The summed E-state index contributed by atoms with van der Waals surface area (Å²) in [4.78, 5) is 0. The summed E-state index contributed by atoms with van der Waals surface area (Å²) in [5, 5.41) is 0. The Hall–Kier alpha value is -0.680. The van der Waals surface area contributed by atoms with Crippen LogP contribution in [0.2, 0.25) is 0 Å². The van der Waals surface area contributed by atoms with E-state index >= 15 is 0 Å². The van der Waals surface area contributed by atoms with Crippen LogP contribution in [0.25, 0.3) is 0 Å². The Balaban J connectivity index is 3.03. The molecule has 1 atom stereocenters. The molecule has 94 valence electrons. The lowest BCUT2D eigenvalue weighted by Crippen LogP contribution is -2.40. The number of hydrogen-bond acceptors (Lipinski definition) is 0. The van der Waals surface area contributed by atoms with Gasteiger partial charge in [0.05, 0.1) is 11.8 Å². The van der Waals surface area contributed by atoms with Crippen LogP contribution >= 0.6 is 0 Å². The average Bonchev–Trinajstić information content (AvgIpc) is 2.49. The maximum Gasteiger partial charge on any atom is 0.398 e. The highest BCUT2D eigenvalue weighted by atomic mass is 19.4. The standard InChI is InChI=1S/C10H12F6/c1-8(10(14,15)16,6-9(11,12)13)7-4-2-3-5-7/h4H,2-3,5-6H2,1H3. The van der Waals surface area contributed by atoms with Crippen molar-refractivity contribution < 1.29 is 26.3 Å². The van der Waals surface area contributed by atoms with Gasteiger partial charge >= 0.3 is 12.4 Å². The Kier molecular flexibility index (Phi) is 3.32. The molecule has 0 aromatic carbocycles. The molecule has 1 aliphatic rings. The number of rotatable bonds is 2. The first kappa shape index (κ1) is 13.4. The SMILES string of the molecule is CC(CC(F)(F)F)(C1=CCCC1)C(F)(F)F. The van der Waals surface area contributed by atoms with Crippen LogP contribution < -0.4 is 0 Å². The quantitative estimate of drug-likeness (QED) is 0.492. The lowest BCUT2D eigenvalue weighted by Gasteiger charge is -2.34. The Morgan fingerprint density at radius 3 is 2.00 bits per heavy atom. The van der Waals surface area contributed by atoms with E-state index in [1.54, 1.807) is 0 Å². The monoisotopic (exact) mass is 246 g/mol. The fourth-order valence-electron chi connectivity index (χ4n) is 1.97. The van der Waals surface area contributed by atoms with Gasteiger partial charge in [0.1, 0.15) is 0 Å². The van der Waals surface area contributed by atoms with Gasteiger partial charge in [0, 0.05) is 0 Å². The minimum absolute atomic E-state index is 0.103. The molecule has 0 amide bonds. The summed E-state index contributed by atoms with van der Waals surface area (Å²) >= 11 is 0. The maximum atomic E-state index is 12.7. The topological polar surface area (TPSA) is 0 Å². The Morgan fingerprint density at radius 2 is 1.69 bits per heavy atom. The number of hydrogen-bond donors (Lipinski definition) is 0.